The summed E-state index contributed by atoms with van der Waals surface area (Å²) >= 11 is 0. The van der Waals surface area contributed by atoms with Crippen LogP contribution >= 0.6 is 0 Å². The first-order valence-corrected chi connectivity index (χ1v) is 8.28. The van der Waals surface area contributed by atoms with E-state index < -0.39 is 31.2 Å². The van der Waals surface area contributed by atoms with Crippen molar-refractivity contribution >= 4 is 21.3 Å². The molecule has 0 saturated heterocycles. The van der Waals surface area contributed by atoms with Crippen molar-refractivity contribution in [2.24, 2.45) is 0 Å². The normalized spacial score (nSPS) is 11.2. The van der Waals surface area contributed by atoms with E-state index in [0.29, 0.717) is 5.56 Å². The lowest BCUT2D eigenvalue weighted by molar-refractivity contribution is -0.384. The topological polar surface area (TPSA) is 102 Å². The van der Waals surface area contributed by atoms with Crippen LogP contribution in [0.1, 0.15) is 5.56 Å². The molecule has 23 heavy (non-hydrogen) atoms. The number of pyridine rings is 1. The van der Waals surface area contributed by atoms with Gasteiger partial charge in [-0.15, -0.1) is 0 Å². The van der Waals surface area contributed by atoms with Crippen molar-refractivity contribution in [1.29, 1.82) is 0 Å². The molecule has 0 unspecified atom stereocenters. The lowest BCUT2D eigenvalue weighted by Crippen LogP contribution is -2.18. The Kier molecular flexibility index (Phi) is 4.89. The van der Waals surface area contributed by atoms with Crippen molar-refractivity contribution in [3.8, 4) is 0 Å². The minimum atomic E-state index is -3.84. The van der Waals surface area contributed by atoms with Gasteiger partial charge in [-0.1, -0.05) is 12.1 Å². The molecule has 7 nitrogen and oxygen atoms in total. The molecule has 122 valence electrons. The van der Waals surface area contributed by atoms with Crippen molar-refractivity contribution in [2.45, 2.75) is 11.8 Å². The van der Waals surface area contributed by atoms with Gasteiger partial charge < -0.3 is 5.32 Å². The lowest BCUT2D eigenvalue weighted by atomic mass is 10.3. The van der Waals surface area contributed by atoms with Crippen molar-refractivity contribution in [3.05, 3.63) is 58.0 Å². The highest BCUT2D eigenvalue weighted by molar-refractivity contribution is 7.91. The third-order valence-corrected chi connectivity index (χ3v) is 4.78. The Morgan fingerprint density at radius 3 is 2.70 bits per heavy atom. The number of aromatic nitrogens is 1. The molecule has 0 amide bonds. The largest absolute Gasteiger partial charge is 0.363 e. The number of nitrogens with zero attached hydrogens (tertiary/aromatic N) is 2. The van der Waals surface area contributed by atoms with Crippen LogP contribution in [0, 0.1) is 22.9 Å². The van der Waals surface area contributed by atoms with E-state index in [0.717, 1.165) is 6.07 Å². The van der Waals surface area contributed by atoms with Crippen LogP contribution in [0.5, 0.6) is 0 Å². The first kappa shape index (κ1) is 16.8. The van der Waals surface area contributed by atoms with Crippen LogP contribution < -0.4 is 5.32 Å². The number of nitro groups is 1. The minimum Gasteiger partial charge on any atom is -0.363 e. The maximum absolute atomic E-state index is 13.5. The van der Waals surface area contributed by atoms with Crippen LogP contribution in [0.4, 0.5) is 15.9 Å². The summed E-state index contributed by atoms with van der Waals surface area (Å²) in [5, 5.41) is 13.6. The van der Waals surface area contributed by atoms with E-state index in [1.54, 1.807) is 6.92 Å². The van der Waals surface area contributed by atoms with Gasteiger partial charge in [-0.3, -0.25) is 10.1 Å². The number of benzene rings is 1. The molecule has 0 aliphatic carbocycles. The molecule has 2 rings (SSSR count). The molecular weight excluding hydrogens is 325 g/mol. The smallest absolute Gasteiger partial charge is 0.311 e. The van der Waals surface area contributed by atoms with Crippen LogP contribution in [0.15, 0.2) is 41.4 Å². The first-order chi connectivity index (χ1) is 10.8. The molecule has 0 atom stereocenters. The van der Waals surface area contributed by atoms with Gasteiger partial charge in [0.15, 0.2) is 9.84 Å². The Hall–Kier alpha value is -2.55. The fourth-order valence-corrected chi connectivity index (χ4v) is 3.18. The van der Waals surface area contributed by atoms with E-state index in [9.17, 15) is 22.9 Å². The summed E-state index contributed by atoms with van der Waals surface area (Å²) in [5.41, 5.74) is 0.370. The molecule has 1 aromatic carbocycles. The van der Waals surface area contributed by atoms with Crippen LogP contribution in [0.3, 0.4) is 0 Å². The maximum atomic E-state index is 13.5. The molecule has 1 aromatic heterocycles. The van der Waals surface area contributed by atoms with Gasteiger partial charge in [0.05, 0.1) is 10.7 Å². The molecule has 0 fully saturated rings. The number of anilines is 1. The maximum Gasteiger partial charge on any atom is 0.311 e. The summed E-state index contributed by atoms with van der Waals surface area (Å²) in [6, 6.07) is 6.40. The zero-order valence-corrected chi connectivity index (χ0v) is 13.0. The lowest BCUT2D eigenvalue weighted by Gasteiger charge is -2.08. The number of hydrogen-bond donors (Lipinski definition) is 1. The molecule has 0 radical (unpaired) electrons. The van der Waals surface area contributed by atoms with Gasteiger partial charge in [0.2, 0.25) is 5.82 Å². The van der Waals surface area contributed by atoms with Crippen molar-refractivity contribution in [3.63, 3.8) is 0 Å². The van der Waals surface area contributed by atoms with Crippen molar-refractivity contribution in [2.75, 3.05) is 17.6 Å². The standard InChI is InChI=1S/C14H14FN3O4S/c1-10-8-12(18(19)20)14(17-9-10)16-6-7-23(21,22)13-5-3-2-4-11(13)15/h2-5,8-9H,6-7H2,1H3,(H,16,17). The van der Waals surface area contributed by atoms with Gasteiger partial charge in [-0.25, -0.2) is 17.8 Å². The van der Waals surface area contributed by atoms with Crippen LogP contribution in [0.2, 0.25) is 0 Å². The van der Waals surface area contributed by atoms with Gasteiger partial charge in [0.25, 0.3) is 0 Å². The van der Waals surface area contributed by atoms with Gasteiger partial charge in [0.1, 0.15) is 10.7 Å². The fourth-order valence-electron chi connectivity index (χ4n) is 1.94. The second-order valence-corrected chi connectivity index (χ2v) is 6.89. The Labute approximate surface area is 132 Å². The van der Waals surface area contributed by atoms with Crippen molar-refractivity contribution in [1.82, 2.24) is 4.98 Å². The molecule has 9 heteroatoms. The average molecular weight is 339 g/mol. The number of sulfone groups is 1. The van der Waals surface area contributed by atoms with Crippen LogP contribution in [-0.2, 0) is 9.84 Å². The quantitative estimate of drug-likeness (QED) is 0.640. The van der Waals surface area contributed by atoms with E-state index in [2.05, 4.69) is 10.3 Å². The number of nitrogens with one attached hydrogen (secondary N) is 1. The third-order valence-electron chi connectivity index (χ3n) is 3.04. The summed E-state index contributed by atoms with van der Waals surface area (Å²) in [6.07, 6.45) is 1.43. The molecule has 1 N–H and O–H groups in total. The third kappa shape index (κ3) is 4.01. The molecule has 1 heterocycles. The Balaban J connectivity index is 2.11. The molecule has 0 aliphatic heterocycles. The second kappa shape index (κ2) is 6.69. The molecule has 0 bridgehead atoms. The molecule has 2 aromatic rings. The van der Waals surface area contributed by atoms with Gasteiger partial charge in [-0.2, -0.15) is 0 Å². The molecule has 0 aliphatic rings. The zero-order valence-electron chi connectivity index (χ0n) is 12.2. The van der Waals surface area contributed by atoms with Gasteiger partial charge >= 0.3 is 5.69 Å². The Morgan fingerprint density at radius 1 is 1.35 bits per heavy atom. The van der Waals surface area contributed by atoms with Crippen LogP contribution in [0.25, 0.3) is 0 Å². The number of hydrogen-bond acceptors (Lipinski definition) is 6. The summed E-state index contributed by atoms with van der Waals surface area (Å²) in [5.74, 6) is -1.27. The van der Waals surface area contributed by atoms with E-state index in [4.69, 9.17) is 0 Å². The molecule has 0 saturated carbocycles. The van der Waals surface area contributed by atoms with Gasteiger partial charge in [-0.05, 0) is 24.6 Å². The van der Waals surface area contributed by atoms with Crippen LogP contribution in [-0.4, -0.2) is 30.6 Å². The van der Waals surface area contributed by atoms with Gasteiger partial charge in [0, 0.05) is 18.8 Å². The first-order valence-electron chi connectivity index (χ1n) is 6.63. The van der Waals surface area contributed by atoms with E-state index >= 15 is 0 Å². The monoisotopic (exact) mass is 339 g/mol. The van der Waals surface area contributed by atoms with E-state index in [1.807, 2.05) is 0 Å². The highest BCUT2D eigenvalue weighted by atomic mass is 32.2. The fraction of sp³-hybridized carbons (Fsp3) is 0.214. The molecular formula is C14H14FN3O4S. The average Bonchev–Trinajstić information content (AvgIpc) is 2.48. The number of halogens is 1. The SMILES string of the molecule is Cc1cnc(NCCS(=O)(=O)c2ccccc2F)c([N+](=O)[O-])c1. The summed E-state index contributed by atoms with van der Waals surface area (Å²) in [4.78, 5) is 13.8. The van der Waals surface area contributed by atoms with Crippen molar-refractivity contribution < 1.29 is 17.7 Å². The van der Waals surface area contributed by atoms with E-state index in [-0.39, 0.29) is 18.1 Å². The van der Waals surface area contributed by atoms with E-state index in [1.165, 1.54) is 30.5 Å². The predicted molar refractivity (Wildman–Crippen MR) is 82.6 cm³/mol. The highest BCUT2D eigenvalue weighted by Gasteiger charge is 2.20. The summed E-state index contributed by atoms with van der Waals surface area (Å²) < 4.78 is 37.7. The predicted octanol–water partition coefficient (Wildman–Crippen LogP) is 2.32. The summed E-state index contributed by atoms with van der Waals surface area (Å²) in [7, 11) is -3.84. The number of rotatable bonds is 6. The second-order valence-electron chi connectivity index (χ2n) is 4.81. The molecule has 0 spiro atoms. The Morgan fingerprint density at radius 2 is 2.04 bits per heavy atom. The Bertz CT molecular complexity index is 840. The minimum absolute atomic E-state index is 0.0238. The number of aryl methyl sites for hydroxylation is 1. The summed E-state index contributed by atoms with van der Waals surface area (Å²) in [6.45, 7) is 1.53. The zero-order chi connectivity index (χ0) is 17.0. The highest BCUT2D eigenvalue weighted by Crippen LogP contribution is 2.22.